The summed E-state index contributed by atoms with van der Waals surface area (Å²) in [6, 6.07) is 1.21. The fourth-order valence-electron chi connectivity index (χ4n) is 5.74. The molecule has 3 fully saturated rings. The lowest BCUT2D eigenvalue weighted by atomic mass is 9.64. The maximum atomic E-state index is 14.4. The van der Waals surface area contributed by atoms with Crippen LogP contribution in [0, 0.1) is 22.9 Å². The SMILES string of the molecule is CO[C@@H]1C(n2cc(-c3ccc(F)c(F)c3F)nn2)[C@@H](O)[C@@H](CO)O[C@@H]1Cc1cn(C2CC3(COC3)C2)nn1. The molecule has 204 valence electrons. The van der Waals surface area contributed by atoms with Gasteiger partial charge in [-0.25, -0.2) is 22.5 Å². The minimum Gasteiger partial charge on any atom is -0.394 e. The van der Waals surface area contributed by atoms with Crippen molar-refractivity contribution in [1.29, 1.82) is 0 Å². The van der Waals surface area contributed by atoms with Gasteiger partial charge in [-0.15, -0.1) is 10.2 Å². The summed E-state index contributed by atoms with van der Waals surface area (Å²) in [5.41, 5.74) is 0.577. The molecule has 0 bridgehead atoms. The van der Waals surface area contributed by atoms with Gasteiger partial charge in [0.2, 0.25) is 0 Å². The molecule has 0 amide bonds. The standard InChI is InChI=1S/C24H27F3N6O5/c1-36-23-17(4-12-7-32(30-28-12)13-5-24(6-13)10-37-11-24)38-18(9-34)22(35)21(23)33-8-16(29-31-33)14-2-3-15(25)20(27)19(14)26/h2-3,7-8,13,17-18,21-23,34-35H,4-6,9-11H2,1H3/t17-,18-,21?,22+,23+/m1/s1. The van der Waals surface area contributed by atoms with Crippen molar-refractivity contribution in [2.75, 3.05) is 26.9 Å². The van der Waals surface area contributed by atoms with E-state index in [1.54, 1.807) is 0 Å². The number of hydrogen-bond donors (Lipinski definition) is 2. The molecule has 1 aromatic carbocycles. The van der Waals surface area contributed by atoms with Crippen LogP contribution >= 0.6 is 0 Å². The molecule has 2 N–H and O–H groups in total. The van der Waals surface area contributed by atoms with Gasteiger partial charge in [0.1, 0.15) is 30.0 Å². The predicted octanol–water partition coefficient (Wildman–Crippen LogP) is 1.22. The molecule has 11 nitrogen and oxygen atoms in total. The molecule has 5 atom stereocenters. The Labute approximate surface area is 215 Å². The summed E-state index contributed by atoms with van der Waals surface area (Å²) in [6.45, 7) is 1.09. The number of aliphatic hydroxyl groups excluding tert-OH is 2. The number of halogens is 3. The molecule has 1 saturated carbocycles. The highest BCUT2D eigenvalue weighted by Crippen LogP contribution is 2.52. The molecule has 6 rings (SSSR count). The van der Waals surface area contributed by atoms with Gasteiger partial charge < -0.3 is 24.4 Å². The largest absolute Gasteiger partial charge is 0.394 e. The summed E-state index contributed by atoms with van der Waals surface area (Å²) < 4.78 is 61.7. The predicted molar refractivity (Wildman–Crippen MR) is 122 cm³/mol. The lowest BCUT2D eigenvalue weighted by Gasteiger charge is -2.52. The number of ether oxygens (including phenoxy) is 3. The van der Waals surface area contributed by atoms with Crippen molar-refractivity contribution in [2.24, 2.45) is 5.41 Å². The zero-order chi connectivity index (χ0) is 26.6. The zero-order valence-corrected chi connectivity index (χ0v) is 20.5. The van der Waals surface area contributed by atoms with Gasteiger partial charge in [0.25, 0.3) is 0 Å². The molecule has 1 unspecified atom stereocenters. The van der Waals surface area contributed by atoms with Gasteiger partial charge in [-0.1, -0.05) is 10.4 Å². The van der Waals surface area contributed by atoms with Crippen molar-refractivity contribution in [1.82, 2.24) is 30.0 Å². The van der Waals surface area contributed by atoms with Gasteiger partial charge in [-0.05, 0) is 25.0 Å². The molecule has 1 aliphatic carbocycles. The first-order valence-corrected chi connectivity index (χ1v) is 12.3. The summed E-state index contributed by atoms with van der Waals surface area (Å²) in [5, 5.41) is 37.4. The Morgan fingerprint density at radius 3 is 2.50 bits per heavy atom. The van der Waals surface area contributed by atoms with Crippen LogP contribution in [0.2, 0.25) is 0 Å². The van der Waals surface area contributed by atoms with Gasteiger partial charge in [-0.2, -0.15) is 0 Å². The maximum absolute atomic E-state index is 14.4. The number of methoxy groups -OCH3 is 1. The molecule has 4 heterocycles. The summed E-state index contributed by atoms with van der Waals surface area (Å²) in [7, 11) is 1.44. The second-order valence-electron chi connectivity index (χ2n) is 10.3. The van der Waals surface area contributed by atoms with Crippen molar-refractivity contribution in [2.45, 2.75) is 55.8 Å². The molecule has 14 heteroatoms. The highest BCUT2D eigenvalue weighted by molar-refractivity contribution is 5.58. The lowest BCUT2D eigenvalue weighted by Crippen LogP contribution is -2.57. The summed E-state index contributed by atoms with van der Waals surface area (Å²) >= 11 is 0. The monoisotopic (exact) mass is 536 g/mol. The minimum atomic E-state index is -1.62. The molecule has 1 spiro atoms. The van der Waals surface area contributed by atoms with Crippen LogP contribution in [0.1, 0.15) is 30.6 Å². The molecular weight excluding hydrogens is 509 g/mol. The topological polar surface area (TPSA) is 130 Å². The quantitative estimate of drug-likeness (QED) is 0.428. The second kappa shape index (κ2) is 9.68. The summed E-state index contributed by atoms with van der Waals surface area (Å²) in [5.74, 6) is -4.34. The Kier molecular flexibility index (Phi) is 6.46. The molecule has 0 radical (unpaired) electrons. The van der Waals surface area contributed by atoms with Crippen molar-refractivity contribution in [3.05, 3.63) is 47.7 Å². The number of aromatic nitrogens is 6. The maximum Gasteiger partial charge on any atom is 0.195 e. The third kappa shape index (κ3) is 4.20. The normalized spacial score (nSPS) is 28.8. The Bertz CT molecular complexity index is 1310. The van der Waals surface area contributed by atoms with Gasteiger partial charge in [0, 0.05) is 30.7 Å². The van der Waals surface area contributed by atoms with Crippen LogP contribution < -0.4 is 0 Å². The molecule has 2 saturated heterocycles. The Hall–Kier alpha value is -2.91. The number of rotatable bonds is 7. The molecule has 2 aliphatic heterocycles. The van der Waals surface area contributed by atoms with E-state index in [2.05, 4.69) is 20.6 Å². The summed E-state index contributed by atoms with van der Waals surface area (Å²) in [6.07, 6.45) is 1.74. The van der Waals surface area contributed by atoms with E-state index in [0.717, 1.165) is 38.2 Å². The van der Waals surface area contributed by atoms with Crippen LogP contribution in [-0.2, 0) is 20.6 Å². The van der Waals surface area contributed by atoms with Gasteiger partial charge in [-0.3, -0.25) is 0 Å². The molecular formula is C24H27F3N6O5. The Morgan fingerprint density at radius 1 is 1.05 bits per heavy atom. The molecule has 38 heavy (non-hydrogen) atoms. The van der Waals surface area contributed by atoms with Crippen LogP contribution in [0.3, 0.4) is 0 Å². The van der Waals surface area contributed by atoms with Crippen molar-refractivity contribution < 1.29 is 37.6 Å². The Morgan fingerprint density at radius 2 is 1.82 bits per heavy atom. The van der Waals surface area contributed by atoms with E-state index < -0.39 is 54.5 Å². The van der Waals surface area contributed by atoms with Crippen LogP contribution in [0.5, 0.6) is 0 Å². The first-order chi connectivity index (χ1) is 18.3. The van der Waals surface area contributed by atoms with E-state index in [1.807, 2.05) is 10.9 Å². The van der Waals surface area contributed by atoms with E-state index in [4.69, 9.17) is 14.2 Å². The Balaban J connectivity index is 1.23. The first kappa shape index (κ1) is 25.4. The number of benzene rings is 1. The molecule has 3 aliphatic rings. The van der Waals surface area contributed by atoms with Crippen LogP contribution in [-0.4, -0.2) is 91.5 Å². The minimum absolute atomic E-state index is 0.0647. The number of nitrogens with zero attached hydrogens (tertiary/aromatic N) is 6. The molecule has 2 aromatic heterocycles. The summed E-state index contributed by atoms with van der Waals surface area (Å²) in [4.78, 5) is 0. The first-order valence-electron chi connectivity index (χ1n) is 12.3. The van der Waals surface area contributed by atoms with E-state index in [0.29, 0.717) is 5.69 Å². The van der Waals surface area contributed by atoms with Gasteiger partial charge in [0.15, 0.2) is 17.5 Å². The number of hydrogen-bond acceptors (Lipinski definition) is 9. The second-order valence-corrected chi connectivity index (χ2v) is 10.3. The van der Waals surface area contributed by atoms with Crippen LogP contribution in [0.25, 0.3) is 11.3 Å². The third-order valence-electron chi connectivity index (χ3n) is 7.86. The lowest BCUT2D eigenvalue weighted by molar-refractivity contribution is -0.212. The smallest absolute Gasteiger partial charge is 0.195 e. The van der Waals surface area contributed by atoms with Crippen molar-refractivity contribution in [3.8, 4) is 11.3 Å². The molecule has 3 aromatic rings. The van der Waals surface area contributed by atoms with Gasteiger partial charge >= 0.3 is 0 Å². The van der Waals surface area contributed by atoms with E-state index >= 15 is 0 Å². The van der Waals surface area contributed by atoms with Gasteiger partial charge in [0.05, 0.1) is 43.9 Å². The average Bonchev–Trinajstić information content (AvgIpc) is 3.51. The fourth-order valence-corrected chi connectivity index (χ4v) is 5.74. The third-order valence-corrected chi connectivity index (χ3v) is 7.86. The average molecular weight is 537 g/mol. The van der Waals surface area contributed by atoms with Crippen LogP contribution in [0.15, 0.2) is 24.5 Å². The van der Waals surface area contributed by atoms with E-state index in [1.165, 1.54) is 18.0 Å². The zero-order valence-electron chi connectivity index (χ0n) is 20.5. The number of aliphatic hydroxyl groups is 2. The fraction of sp³-hybridized carbons (Fsp3) is 0.583. The van der Waals surface area contributed by atoms with Crippen LogP contribution in [0.4, 0.5) is 13.2 Å². The highest BCUT2D eigenvalue weighted by atomic mass is 19.2. The van der Waals surface area contributed by atoms with E-state index in [9.17, 15) is 23.4 Å². The van der Waals surface area contributed by atoms with E-state index in [-0.39, 0.29) is 29.1 Å². The van der Waals surface area contributed by atoms with Crippen molar-refractivity contribution in [3.63, 3.8) is 0 Å². The highest BCUT2D eigenvalue weighted by Gasteiger charge is 2.51. The van der Waals surface area contributed by atoms with Crippen molar-refractivity contribution >= 4 is 0 Å².